The van der Waals surface area contributed by atoms with Crippen LogP contribution in [-0.2, 0) is 19.8 Å². The van der Waals surface area contributed by atoms with Crippen molar-refractivity contribution < 1.29 is 28.2 Å². The molecule has 0 aliphatic carbocycles. The van der Waals surface area contributed by atoms with E-state index in [-0.39, 0.29) is 37.3 Å². The Hall–Kier alpha value is -5.86. The van der Waals surface area contributed by atoms with Crippen LogP contribution in [0.5, 0.6) is 17.2 Å². The maximum atomic E-state index is 14.2. The summed E-state index contributed by atoms with van der Waals surface area (Å²) in [4.78, 5) is 31.9. The van der Waals surface area contributed by atoms with E-state index in [0.29, 0.717) is 58.5 Å². The number of carbonyl (C=O) groups is 2. The van der Waals surface area contributed by atoms with Crippen LogP contribution < -0.4 is 14.2 Å². The van der Waals surface area contributed by atoms with Gasteiger partial charge in [-0.15, -0.1) is 0 Å². The molecule has 264 valence electrons. The first kappa shape index (κ1) is 34.6. The Morgan fingerprint density at radius 1 is 0.615 bits per heavy atom. The molecule has 1 aliphatic rings. The van der Waals surface area contributed by atoms with E-state index in [4.69, 9.17) is 18.6 Å². The van der Waals surface area contributed by atoms with Crippen LogP contribution in [-0.4, -0.2) is 53.7 Å². The maximum absolute atomic E-state index is 14.2. The lowest BCUT2D eigenvalue weighted by atomic mass is 10.1. The summed E-state index contributed by atoms with van der Waals surface area (Å²) in [6.45, 7) is 8.19. The number of rotatable bonds is 13. The van der Waals surface area contributed by atoms with Crippen LogP contribution in [0.15, 0.2) is 132 Å². The molecule has 2 heterocycles. The second-order valence-corrected chi connectivity index (χ2v) is 13.2. The summed E-state index contributed by atoms with van der Waals surface area (Å²) >= 11 is 0. The standard InChI is InChI=1S/C44H42N2O6/c1-31(2)45-20-22-46(23-21-45)44(48)35-18-19-38-36(24-35)25-39(52-38)42(47)37-26-40(49-28-32-12-6-3-7-13-32)43(51-30-34-16-10-5-11-17-34)41(27-37)50-29-33-14-8-4-9-15-33/h3-19,24-27,31H,20-23,28-30H2,1-2H3. The zero-order valence-corrected chi connectivity index (χ0v) is 29.5. The van der Waals surface area contributed by atoms with Gasteiger partial charge in [-0.2, -0.15) is 0 Å². The first-order chi connectivity index (χ1) is 25.4. The lowest BCUT2D eigenvalue weighted by Crippen LogP contribution is -2.50. The monoisotopic (exact) mass is 694 g/mol. The molecular weight excluding hydrogens is 652 g/mol. The van der Waals surface area contributed by atoms with Gasteiger partial charge < -0.3 is 23.5 Å². The molecule has 1 amide bonds. The van der Waals surface area contributed by atoms with E-state index in [9.17, 15) is 9.59 Å². The fourth-order valence-corrected chi connectivity index (χ4v) is 6.32. The molecule has 1 aliphatic heterocycles. The van der Waals surface area contributed by atoms with Gasteiger partial charge >= 0.3 is 0 Å². The van der Waals surface area contributed by atoms with Crippen LogP contribution in [0, 0.1) is 0 Å². The van der Waals surface area contributed by atoms with Gasteiger partial charge in [0.2, 0.25) is 11.5 Å². The molecule has 0 radical (unpaired) electrons. The van der Waals surface area contributed by atoms with Crippen molar-refractivity contribution in [2.75, 3.05) is 26.2 Å². The highest BCUT2D eigenvalue weighted by atomic mass is 16.5. The average molecular weight is 695 g/mol. The van der Waals surface area contributed by atoms with E-state index in [1.165, 1.54) is 0 Å². The number of furan rings is 1. The van der Waals surface area contributed by atoms with Crippen molar-refractivity contribution in [2.24, 2.45) is 0 Å². The number of piperazine rings is 1. The molecule has 52 heavy (non-hydrogen) atoms. The third-order valence-corrected chi connectivity index (χ3v) is 9.30. The molecule has 0 bridgehead atoms. The summed E-state index contributed by atoms with van der Waals surface area (Å²) in [5, 5.41) is 0.680. The third-order valence-electron chi connectivity index (χ3n) is 9.30. The number of fused-ring (bicyclic) bond motifs is 1. The minimum atomic E-state index is -0.349. The van der Waals surface area contributed by atoms with Crippen molar-refractivity contribution in [2.45, 2.75) is 39.7 Å². The molecule has 0 atom stereocenters. The Morgan fingerprint density at radius 2 is 1.13 bits per heavy atom. The zero-order chi connectivity index (χ0) is 35.9. The molecule has 0 N–H and O–H groups in total. The molecule has 0 spiro atoms. The second-order valence-electron chi connectivity index (χ2n) is 13.2. The largest absolute Gasteiger partial charge is 0.485 e. The normalized spacial score (nSPS) is 13.3. The molecule has 8 nitrogen and oxygen atoms in total. The van der Waals surface area contributed by atoms with Crippen LogP contribution >= 0.6 is 0 Å². The number of hydrogen-bond donors (Lipinski definition) is 0. The molecule has 1 saturated heterocycles. The fourth-order valence-electron chi connectivity index (χ4n) is 6.32. The number of benzene rings is 5. The van der Waals surface area contributed by atoms with Gasteiger partial charge in [-0.25, -0.2) is 0 Å². The first-order valence-corrected chi connectivity index (χ1v) is 17.7. The Kier molecular flexibility index (Phi) is 10.6. The fraction of sp³-hybridized carbons (Fsp3) is 0.227. The molecule has 8 heteroatoms. The third kappa shape index (κ3) is 8.19. The number of hydrogen-bond acceptors (Lipinski definition) is 7. The van der Waals surface area contributed by atoms with Gasteiger partial charge in [0.25, 0.3) is 5.91 Å². The summed E-state index contributed by atoms with van der Waals surface area (Å²) in [6, 6.07) is 40.3. The smallest absolute Gasteiger partial charge is 0.253 e. The predicted molar refractivity (Wildman–Crippen MR) is 201 cm³/mol. The van der Waals surface area contributed by atoms with Gasteiger partial charge in [-0.1, -0.05) is 91.0 Å². The second kappa shape index (κ2) is 16.0. The number of amides is 1. The molecule has 1 fully saturated rings. The summed E-state index contributed by atoms with van der Waals surface area (Å²) in [5.41, 5.74) is 4.31. The minimum Gasteiger partial charge on any atom is -0.485 e. The van der Waals surface area contributed by atoms with Gasteiger partial charge in [-0.3, -0.25) is 14.5 Å². The highest BCUT2D eigenvalue weighted by Gasteiger charge is 2.25. The van der Waals surface area contributed by atoms with Gasteiger partial charge in [-0.05, 0) is 66.9 Å². The van der Waals surface area contributed by atoms with Crippen molar-refractivity contribution in [3.63, 3.8) is 0 Å². The van der Waals surface area contributed by atoms with E-state index in [1.54, 1.807) is 36.4 Å². The summed E-state index contributed by atoms with van der Waals surface area (Å²) in [5.74, 6) is 0.911. The Morgan fingerprint density at radius 3 is 1.65 bits per heavy atom. The van der Waals surface area contributed by atoms with Crippen molar-refractivity contribution in [1.82, 2.24) is 9.80 Å². The number of nitrogens with zero attached hydrogens (tertiary/aromatic N) is 2. The Bertz CT molecular complexity index is 2060. The molecule has 7 rings (SSSR count). The zero-order valence-electron chi connectivity index (χ0n) is 29.5. The van der Waals surface area contributed by atoms with Crippen LogP contribution in [0.2, 0.25) is 0 Å². The van der Waals surface area contributed by atoms with E-state index in [1.807, 2.05) is 95.9 Å². The van der Waals surface area contributed by atoms with E-state index in [2.05, 4.69) is 18.7 Å². The lowest BCUT2D eigenvalue weighted by molar-refractivity contribution is 0.0595. The summed E-state index contributed by atoms with van der Waals surface area (Å²) < 4.78 is 25.2. The number of ether oxygens (including phenoxy) is 3. The quantitative estimate of drug-likeness (QED) is 0.112. The molecule has 1 aromatic heterocycles. The van der Waals surface area contributed by atoms with Crippen LogP contribution in [0.1, 0.15) is 57.0 Å². The maximum Gasteiger partial charge on any atom is 0.253 e. The Balaban J connectivity index is 1.20. The van der Waals surface area contributed by atoms with Crippen molar-refractivity contribution >= 4 is 22.7 Å². The molecule has 0 saturated carbocycles. The number of carbonyl (C=O) groups excluding carboxylic acids is 2. The Labute approximate surface area is 304 Å². The topological polar surface area (TPSA) is 81.5 Å². The first-order valence-electron chi connectivity index (χ1n) is 17.7. The number of ketones is 1. The van der Waals surface area contributed by atoms with Crippen molar-refractivity contribution in [3.8, 4) is 17.2 Å². The van der Waals surface area contributed by atoms with Gasteiger partial charge in [0.15, 0.2) is 17.3 Å². The molecular formula is C44H42N2O6. The van der Waals surface area contributed by atoms with Crippen LogP contribution in [0.4, 0.5) is 0 Å². The molecule has 5 aromatic carbocycles. The van der Waals surface area contributed by atoms with E-state index < -0.39 is 0 Å². The van der Waals surface area contributed by atoms with Crippen molar-refractivity contribution in [3.05, 3.63) is 161 Å². The van der Waals surface area contributed by atoms with Gasteiger partial charge in [0.1, 0.15) is 25.4 Å². The summed E-state index contributed by atoms with van der Waals surface area (Å²) in [7, 11) is 0. The molecule has 6 aromatic rings. The summed E-state index contributed by atoms with van der Waals surface area (Å²) in [6.07, 6.45) is 0. The van der Waals surface area contributed by atoms with Crippen molar-refractivity contribution in [1.29, 1.82) is 0 Å². The van der Waals surface area contributed by atoms with E-state index in [0.717, 1.165) is 29.8 Å². The van der Waals surface area contributed by atoms with Gasteiger partial charge in [0.05, 0.1) is 0 Å². The highest BCUT2D eigenvalue weighted by Crippen LogP contribution is 2.41. The van der Waals surface area contributed by atoms with E-state index >= 15 is 0 Å². The van der Waals surface area contributed by atoms with Gasteiger partial charge in [0, 0.05) is 48.7 Å². The predicted octanol–water partition coefficient (Wildman–Crippen LogP) is 8.57. The van der Waals surface area contributed by atoms with Crippen LogP contribution in [0.25, 0.3) is 11.0 Å². The molecule has 0 unspecified atom stereocenters. The average Bonchev–Trinajstić information content (AvgIpc) is 3.63. The highest BCUT2D eigenvalue weighted by molar-refractivity contribution is 6.10. The minimum absolute atomic E-state index is 0.0223. The lowest BCUT2D eigenvalue weighted by Gasteiger charge is -2.36. The van der Waals surface area contributed by atoms with Crippen LogP contribution in [0.3, 0.4) is 0 Å². The SMILES string of the molecule is CC(C)N1CCN(C(=O)c2ccc3oc(C(=O)c4cc(OCc5ccccc5)c(OCc5ccccc5)c(OCc5ccccc5)c4)cc3c2)CC1.